The number of aliphatic carboxylic acids is 1. The molecule has 4 nitrogen and oxygen atoms in total. The van der Waals surface area contributed by atoms with Crippen molar-refractivity contribution in [2.24, 2.45) is 5.73 Å². The van der Waals surface area contributed by atoms with Crippen LogP contribution in [0.4, 0.5) is 5.00 Å². The fraction of sp³-hybridized carbons (Fsp3) is 0.375. The second-order valence-electron chi connectivity index (χ2n) is 2.90. The summed E-state index contributed by atoms with van der Waals surface area (Å²) < 4.78 is 0.677. The molecule has 1 heterocycles. The number of hydrogen-bond donors (Lipinski definition) is 2. The largest absolute Gasteiger partial charge is 0.480 e. The predicted octanol–water partition coefficient (Wildman–Crippen LogP) is 1.25. The van der Waals surface area contributed by atoms with Gasteiger partial charge in [0.1, 0.15) is 6.04 Å². The quantitative estimate of drug-likeness (QED) is 0.823. The number of likely N-dealkylation sites (N-methyl/N-ethyl adjacent to an activating group) is 1. The first kappa shape index (κ1) is 11.3. The Morgan fingerprint density at radius 2 is 2.43 bits per heavy atom. The maximum absolute atomic E-state index is 10.5. The molecule has 0 saturated carbocycles. The van der Waals surface area contributed by atoms with Crippen molar-refractivity contribution < 1.29 is 9.90 Å². The van der Waals surface area contributed by atoms with Gasteiger partial charge < -0.3 is 15.7 Å². The third-order valence-electron chi connectivity index (χ3n) is 1.72. The van der Waals surface area contributed by atoms with Crippen LogP contribution in [-0.2, 0) is 4.79 Å². The van der Waals surface area contributed by atoms with Gasteiger partial charge in [0, 0.05) is 13.6 Å². The van der Waals surface area contributed by atoms with Crippen LogP contribution in [0.3, 0.4) is 0 Å². The standard InChI is InChI=1S/C8H11ClN2O2S/c1-11(4-5(10)8(12)13)7-3-2-6(9)14-7/h2-3,5H,4,10H2,1H3,(H,12,13). The van der Waals surface area contributed by atoms with E-state index in [1.54, 1.807) is 18.0 Å². The number of thiophene rings is 1. The Bertz CT molecular complexity index is 329. The highest BCUT2D eigenvalue weighted by atomic mass is 35.5. The molecule has 1 aromatic heterocycles. The smallest absolute Gasteiger partial charge is 0.322 e. The molecule has 0 aliphatic rings. The van der Waals surface area contributed by atoms with Gasteiger partial charge in [-0.25, -0.2) is 0 Å². The van der Waals surface area contributed by atoms with Gasteiger partial charge in [-0.15, -0.1) is 11.3 Å². The normalized spacial score (nSPS) is 12.5. The van der Waals surface area contributed by atoms with E-state index in [1.165, 1.54) is 11.3 Å². The molecule has 0 radical (unpaired) electrons. The number of rotatable bonds is 4. The number of carbonyl (C=O) groups is 1. The molecule has 78 valence electrons. The van der Waals surface area contributed by atoms with Crippen LogP contribution in [-0.4, -0.2) is 30.7 Å². The number of carboxylic acids is 1. The summed E-state index contributed by atoms with van der Waals surface area (Å²) in [5.74, 6) is -1.00. The summed E-state index contributed by atoms with van der Waals surface area (Å²) >= 11 is 7.14. The van der Waals surface area contributed by atoms with Crippen molar-refractivity contribution in [2.45, 2.75) is 6.04 Å². The van der Waals surface area contributed by atoms with Crippen LogP contribution in [0.1, 0.15) is 0 Å². The molecule has 0 saturated heterocycles. The molecule has 0 aromatic carbocycles. The van der Waals surface area contributed by atoms with E-state index in [4.69, 9.17) is 22.4 Å². The highest BCUT2D eigenvalue weighted by molar-refractivity contribution is 7.19. The van der Waals surface area contributed by atoms with Crippen LogP contribution in [0.5, 0.6) is 0 Å². The highest BCUT2D eigenvalue weighted by Crippen LogP contribution is 2.28. The molecule has 1 unspecified atom stereocenters. The zero-order valence-electron chi connectivity index (χ0n) is 7.61. The summed E-state index contributed by atoms with van der Waals surface area (Å²) in [6.07, 6.45) is 0. The molecular formula is C8H11ClN2O2S. The van der Waals surface area contributed by atoms with Crippen molar-refractivity contribution in [1.29, 1.82) is 0 Å². The van der Waals surface area contributed by atoms with Crippen molar-refractivity contribution in [3.63, 3.8) is 0 Å². The van der Waals surface area contributed by atoms with Crippen molar-refractivity contribution in [3.8, 4) is 0 Å². The lowest BCUT2D eigenvalue weighted by Crippen LogP contribution is -2.41. The predicted molar refractivity (Wildman–Crippen MR) is 58.2 cm³/mol. The van der Waals surface area contributed by atoms with Crippen molar-refractivity contribution in [2.75, 3.05) is 18.5 Å². The minimum absolute atomic E-state index is 0.270. The lowest BCUT2D eigenvalue weighted by atomic mass is 10.3. The minimum Gasteiger partial charge on any atom is -0.480 e. The van der Waals surface area contributed by atoms with E-state index in [0.717, 1.165) is 5.00 Å². The number of hydrogen-bond acceptors (Lipinski definition) is 4. The Morgan fingerprint density at radius 3 is 2.86 bits per heavy atom. The second-order valence-corrected chi connectivity index (χ2v) is 4.60. The third-order valence-corrected chi connectivity index (χ3v) is 3.07. The van der Waals surface area contributed by atoms with E-state index in [0.29, 0.717) is 4.34 Å². The molecule has 1 rings (SSSR count). The van der Waals surface area contributed by atoms with Gasteiger partial charge in [-0.05, 0) is 12.1 Å². The van der Waals surface area contributed by atoms with Gasteiger partial charge >= 0.3 is 5.97 Å². The minimum atomic E-state index is -1.00. The molecule has 1 atom stereocenters. The third kappa shape index (κ3) is 2.87. The molecule has 14 heavy (non-hydrogen) atoms. The Labute approximate surface area is 90.9 Å². The number of nitrogens with two attached hydrogens (primary N) is 1. The van der Waals surface area contributed by atoms with Gasteiger partial charge in [-0.2, -0.15) is 0 Å². The van der Waals surface area contributed by atoms with Crippen LogP contribution in [0.2, 0.25) is 4.34 Å². The van der Waals surface area contributed by atoms with E-state index in [2.05, 4.69) is 0 Å². The average molecular weight is 235 g/mol. The van der Waals surface area contributed by atoms with Gasteiger partial charge in [-0.3, -0.25) is 4.79 Å². The van der Waals surface area contributed by atoms with Gasteiger partial charge in [0.25, 0.3) is 0 Å². The lowest BCUT2D eigenvalue weighted by molar-refractivity contribution is -0.138. The first-order chi connectivity index (χ1) is 6.50. The zero-order valence-corrected chi connectivity index (χ0v) is 9.18. The molecule has 0 bridgehead atoms. The summed E-state index contributed by atoms with van der Waals surface area (Å²) in [7, 11) is 1.78. The fourth-order valence-corrected chi connectivity index (χ4v) is 1.98. The molecule has 1 aromatic rings. The molecular weight excluding hydrogens is 224 g/mol. The molecule has 6 heteroatoms. The molecule has 0 spiro atoms. The number of carboxylic acid groups (broad SMARTS) is 1. The first-order valence-electron chi connectivity index (χ1n) is 3.95. The van der Waals surface area contributed by atoms with Crippen molar-refractivity contribution in [3.05, 3.63) is 16.5 Å². The van der Waals surface area contributed by atoms with Crippen LogP contribution < -0.4 is 10.6 Å². The van der Waals surface area contributed by atoms with E-state index in [9.17, 15) is 4.79 Å². The number of halogens is 1. The van der Waals surface area contributed by atoms with Crippen LogP contribution in [0.25, 0.3) is 0 Å². The molecule has 0 aliphatic heterocycles. The summed E-state index contributed by atoms with van der Waals surface area (Å²) in [5, 5.41) is 9.52. The Balaban J connectivity index is 2.58. The van der Waals surface area contributed by atoms with Gasteiger partial charge in [0.2, 0.25) is 0 Å². The maximum atomic E-state index is 10.5. The van der Waals surface area contributed by atoms with Gasteiger partial charge in [-0.1, -0.05) is 11.6 Å². The Morgan fingerprint density at radius 1 is 1.79 bits per heavy atom. The second kappa shape index (κ2) is 4.63. The number of nitrogens with zero attached hydrogens (tertiary/aromatic N) is 1. The van der Waals surface area contributed by atoms with E-state index < -0.39 is 12.0 Å². The topological polar surface area (TPSA) is 66.6 Å². The monoisotopic (exact) mass is 234 g/mol. The maximum Gasteiger partial charge on any atom is 0.322 e. The van der Waals surface area contributed by atoms with Crippen molar-refractivity contribution >= 4 is 33.9 Å². The van der Waals surface area contributed by atoms with Crippen LogP contribution in [0.15, 0.2) is 12.1 Å². The summed E-state index contributed by atoms with van der Waals surface area (Å²) in [6.45, 7) is 0.270. The van der Waals surface area contributed by atoms with Crippen LogP contribution in [0, 0.1) is 0 Å². The molecule has 0 aliphatic carbocycles. The Kier molecular flexibility index (Phi) is 3.74. The summed E-state index contributed by atoms with van der Waals surface area (Å²) in [5.41, 5.74) is 5.39. The summed E-state index contributed by atoms with van der Waals surface area (Å²) in [4.78, 5) is 12.3. The summed E-state index contributed by atoms with van der Waals surface area (Å²) in [6, 6.07) is 2.73. The van der Waals surface area contributed by atoms with E-state index in [-0.39, 0.29) is 6.54 Å². The van der Waals surface area contributed by atoms with Crippen LogP contribution >= 0.6 is 22.9 Å². The van der Waals surface area contributed by atoms with E-state index in [1.807, 2.05) is 6.07 Å². The highest BCUT2D eigenvalue weighted by Gasteiger charge is 2.15. The lowest BCUT2D eigenvalue weighted by Gasteiger charge is -2.18. The average Bonchev–Trinajstić information content (AvgIpc) is 2.51. The van der Waals surface area contributed by atoms with Gasteiger partial charge in [0.05, 0.1) is 9.34 Å². The SMILES string of the molecule is CN(CC(N)C(=O)O)c1ccc(Cl)s1. The van der Waals surface area contributed by atoms with E-state index >= 15 is 0 Å². The van der Waals surface area contributed by atoms with Gasteiger partial charge in [0.15, 0.2) is 0 Å². The van der Waals surface area contributed by atoms with Crippen molar-refractivity contribution in [1.82, 2.24) is 0 Å². The molecule has 0 fully saturated rings. The zero-order chi connectivity index (χ0) is 10.7. The number of anilines is 1. The fourth-order valence-electron chi connectivity index (χ4n) is 0.973. The molecule has 0 amide bonds. The molecule has 3 N–H and O–H groups in total. The Hall–Kier alpha value is -0.780. The first-order valence-corrected chi connectivity index (χ1v) is 5.15.